The normalized spacial score (nSPS) is 26.3. The Bertz CT molecular complexity index is 1670. The first kappa shape index (κ1) is 37.3. The molecular formula is C38H55N5O7S. The van der Waals surface area contributed by atoms with Crippen LogP contribution in [0.1, 0.15) is 97.1 Å². The van der Waals surface area contributed by atoms with E-state index in [1.165, 1.54) is 0 Å². The first-order valence-corrected chi connectivity index (χ1v) is 20.3. The number of amides is 5. The van der Waals surface area contributed by atoms with Crippen LogP contribution < -0.4 is 21.7 Å². The molecule has 13 heteroatoms. The van der Waals surface area contributed by atoms with E-state index >= 15 is 0 Å². The van der Waals surface area contributed by atoms with Gasteiger partial charge >= 0.3 is 6.03 Å². The summed E-state index contributed by atoms with van der Waals surface area (Å²) >= 11 is 0. The highest BCUT2D eigenvalue weighted by molar-refractivity contribution is 7.92. The molecule has 5 aliphatic rings. The molecule has 1 aromatic rings. The minimum atomic E-state index is -3.58. The van der Waals surface area contributed by atoms with E-state index in [1.807, 2.05) is 24.3 Å². The van der Waals surface area contributed by atoms with Crippen molar-refractivity contribution in [3.05, 3.63) is 35.4 Å². The Balaban J connectivity index is 1.27. The van der Waals surface area contributed by atoms with E-state index in [0.29, 0.717) is 38.6 Å². The van der Waals surface area contributed by atoms with Crippen LogP contribution in [0.2, 0.25) is 0 Å². The quantitative estimate of drug-likeness (QED) is 0.239. The van der Waals surface area contributed by atoms with Gasteiger partial charge in [0, 0.05) is 6.54 Å². The SMILES string of the molecule is CC1(C)C2CN(C(=O)[C@@H](NC(=O)NC3(CS(=O)(=O)C(C)(C)C)CCCCC3)C3Cc4ccccc4C3)[C@H](C(=O)NC(CC3CC3)C(=O)C(N)=O)C21. The molecule has 0 bridgehead atoms. The summed E-state index contributed by atoms with van der Waals surface area (Å²) in [6.45, 7) is 9.44. The number of benzene rings is 1. The highest BCUT2D eigenvalue weighted by atomic mass is 32.2. The minimum absolute atomic E-state index is 0.0503. The highest BCUT2D eigenvalue weighted by Gasteiger charge is 2.70. The van der Waals surface area contributed by atoms with Gasteiger partial charge < -0.3 is 26.6 Å². The summed E-state index contributed by atoms with van der Waals surface area (Å²) in [5, 5.41) is 8.87. The minimum Gasteiger partial charge on any atom is -0.363 e. The van der Waals surface area contributed by atoms with E-state index in [2.05, 4.69) is 29.8 Å². The van der Waals surface area contributed by atoms with Gasteiger partial charge in [0.2, 0.25) is 17.6 Å². The number of hydrogen-bond acceptors (Lipinski definition) is 7. The molecule has 12 nitrogen and oxygen atoms in total. The molecule has 0 aromatic heterocycles. The number of carbonyl (C=O) groups is 5. The lowest BCUT2D eigenvalue weighted by Crippen LogP contribution is -2.63. The van der Waals surface area contributed by atoms with Crippen molar-refractivity contribution in [2.45, 2.75) is 127 Å². The van der Waals surface area contributed by atoms with Gasteiger partial charge in [0.1, 0.15) is 12.1 Å². The molecule has 1 aromatic carbocycles. The van der Waals surface area contributed by atoms with Gasteiger partial charge in [0.25, 0.3) is 5.91 Å². The van der Waals surface area contributed by atoms with Gasteiger partial charge in [-0.25, -0.2) is 13.2 Å². The Labute approximate surface area is 301 Å². The van der Waals surface area contributed by atoms with Crippen LogP contribution in [0.4, 0.5) is 4.79 Å². The predicted molar refractivity (Wildman–Crippen MR) is 192 cm³/mol. The van der Waals surface area contributed by atoms with E-state index in [1.54, 1.807) is 25.7 Å². The number of Topliss-reactive ketones (excluding diaryl/α,β-unsaturated/α-hetero) is 1. The average molecular weight is 726 g/mol. The molecule has 5 amide bonds. The molecule has 3 unspecified atom stereocenters. The van der Waals surface area contributed by atoms with Crippen molar-refractivity contribution in [3.8, 4) is 0 Å². The van der Waals surface area contributed by atoms with Crippen molar-refractivity contribution in [1.29, 1.82) is 0 Å². The fraction of sp³-hybridized carbons (Fsp3) is 0.711. The Morgan fingerprint density at radius 1 is 0.961 bits per heavy atom. The number of ketones is 1. The third-order valence-corrected chi connectivity index (χ3v) is 15.4. The summed E-state index contributed by atoms with van der Waals surface area (Å²) < 4.78 is 25.9. The smallest absolute Gasteiger partial charge is 0.315 e. The largest absolute Gasteiger partial charge is 0.363 e. The van der Waals surface area contributed by atoms with Crippen LogP contribution in [-0.2, 0) is 41.9 Å². The van der Waals surface area contributed by atoms with Gasteiger partial charge in [0.05, 0.1) is 22.1 Å². The van der Waals surface area contributed by atoms with E-state index < -0.39 is 61.9 Å². The third kappa shape index (κ3) is 7.55. The first-order valence-electron chi connectivity index (χ1n) is 18.7. The number of nitrogens with two attached hydrogens (primary N) is 1. The standard InChI is InChI=1S/C38H55N5O7S/c1-36(2,3)51(49,50)21-38(15-9-6-10-16-38)42-35(48)41-29(25-18-23-11-7-8-12-24(23)19-25)34(47)43-20-26-28(37(26,4)5)30(43)33(46)40-27(17-22-13-14-22)31(44)32(39)45/h7-8,11-12,22,25-30H,6,9-10,13-21H2,1-5H3,(H2,39,45)(H,40,46)(H2,41,42,48)/t26?,27?,28?,29-,30-/m0/s1. The average Bonchev–Trinajstić information content (AvgIpc) is 3.80. The highest BCUT2D eigenvalue weighted by Crippen LogP contribution is 2.65. The lowest BCUT2D eigenvalue weighted by Gasteiger charge is -2.40. The summed E-state index contributed by atoms with van der Waals surface area (Å²) in [6, 6.07) is 4.39. The second-order valence-electron chi connectivity index (χ2n) is 17.6. The molecule has 4 fully saturated rings. The number of piperidine rings is 1. The number of hydrogen-bond donors (Lipinski definition) is 4. The lowest BCUT2D eigenvalue weighted by atomic mass is 9.83. The van der Waals surface area contributed by atoms with Crippen LogP contribution in [0.25, 0.3) is 0 Å². The molecule has 5 N–H and O–H groups in total. The van der Waals surface area contributed by atoms with Crippen LogP contribution in [0, 0.1) is 29.1 Å². The number of fused-ring (bicyclic) bond motifs is 2. The Kier molecular flexibility index (Phi) is 9.86. The van der Waals surface area contributed by atoms with E-state index in [9.17, 15) is 32.4 Å². The first-order chi connectivity index (χ1) is 23.8. The molecule has 0 radical (unpaired) electrons. The van der Waals surface area contributed by atoms with Crippen molar-refractivity contribution in [2.75, 3.05) is 12.3 Å². The zero-order valence-electron chi connectivity index (χ0n) is 30.6. The number of nitrogens with one attached hydrogen (secondary N) is 3. The van der Waals surface area contributed by atoms with Gasteiger partial charge in [-0.1, -0.05) is 70.2 Å². The number of nitrogens with zero attached hydrogens (tertiary/aromatic N) is 1. The summed E-state index contributed by atoms with van der Waals surface area (Å²) in [4.78, 5) is 69.2. The number of carbonyl (C=O) groups excluding carboxylic acids is 5. The molecule has 0 spiro atoms. The van der Waals surface area contributed by atoms with Gasteiger partial charge in [-0.2, -0.15) is 0 Å². The molecule has 1 heterocycles. The zero-order chi connectivity index (χ0) is 37.1. The summed E-state index contributed by atoms with van der Waals surface area (Å²) in [6.07, 6.45) is 6.79. The fourth-order valence-electron chi connectivity index (χ4n) is 9.08. The molecule has 5 atom stereocenters. The molecule has 1 aliphatic heterocycles. The second kappa shape index (κ2) is 13.5. The molecule has 3 saturated carbocycles. The van der Waals surface area contributed by atoms with Crippen LogP contribution >= 0.6 is 0 Å². The van der Waals surface area contributed by atoms with Crippen molar-refractivity contribution in [1.82, 2.24) is 20.9 Å². The lowest BCUT2D eigenvalue weighted by molar-refractivity contribution is -0.144. The summed E-state index contributed by atoms with van der Waals surface area (Å²) in [7, 11) is -3.58. The van der Waals surface area contributed by atoms with Gasteiger partial charge in [-0.05, 0) is 93.1 Å². The number of primary amides is 1. The maximum absolute atomic E-state index is 14.8. The van der Waals surface area contributed by atoms with Crippen LogP contribution in [0.3, 0.4) is 0 Å². The van der Waals surface area contributed by atoms with E-state index in [4.69, 9.17) is 5.73 Å². The number of urea groups is 1. The van der Waals surface area contributed by atoms with Gasteiger partial charge in [-0.3, -0.25) is 19.2 Å². The number of likely N-dealkylation sites (tertiary alicyclic amines) is 1. The van der Waals surface area contributed by atoms with Crippen LogP contribution in [-0.4, -0.2) is 83.6 Å². The van der Waals surface area contributed by atoms with Crippen molar-refractivity contribution in [3.63, 3.8) is 0 Å². The topological polar surface area (TPSA) is 185 Å². The molecule has 4 aliphatic carbocycles. The van der Waals surface area contributed by atoms with Crippen molar-refractivity contribution >= 4 is 39.4 Å². The predicted octanol–water partition coefficient (Wildman–Crippen LogP) is 2.81. The Morgan fingerprint density at radius 3 is 2.12 bits per heavy atom. The third-order valence-electron chi connectivity index (χ3n) is 12.6. The van der Waals surface area contributed by atoms with Crippen molar-refractivity contribution in [2.24, 2.45) is 34.8 Å². The maximum Gasteiger partial charge on any atom is 0.315 e. The molecule has 280 valence electrons. The Hall–Kier alpha value is -3.48. The molecule has 6 rings (SSSR count). The second-order valence-corrected chi connectivity index (χ2v) is 20.3. The van der Waals surface area contributed by atoms with Crippen LogP contribution in [0.15, 0.2) is 24.3 Å². The van der Waals surface area contributed by atoms with Crippen LogP contribution in [0.5, 0.6) is 0 Å². The number of rotatable bonds is 12. The van der Waals surface area contributed by atoms with E-state index in [0.717, 1.165) is 43.2 Å². The Morgan fingerprint density at radius 2 is 1.57 bits per heavy atom. The molecule has 51 heavy (non-hydrogen) atoms. The molecular weight excluding hydrogens is 671 g/mol. The maximum atomic E-state index is 14.8. The summed E-state index contributed by atoms with van der Waals surface area (Å²) in [5.41, 5.74) is 6.36. The zero-order valence-corrected chi connectivity index (χ0v) is 31.4. The van der Waals surface area contributed by atoms with Gasteiger partial charge in [0.15, 0.2) is 9.84 Å². The van der Waals surface area contributed by atoms with Crippen molar-refractivity contribution < 1.29 is 32.4 Å². The van der Waals surface area contributed by atoms with Gasteiger partial charge in [-0.15, -0.1) is 0 Å². The van der Waals surface area contributed by atoms with E-state index in [-0.39, 0.29) is 40.7 Å². The molecule has 1 saturated heterocycles. The fourth-order valence-corrected chi connectivity index (χ4v) is 10.6. The monoisotopic (exact) mass is 725 g/mol. The summed E-state index contributed by atoms with van der Waals surface area (Å²) in [5.74, 6) is -3.19. The number of sulfone groups is 1.